The number of ether oxygens (including phenoxy) is 1. The Labute approximate surface area is 121 Å². The zero-order chi connectivity index (χ0) is 13.9. The molecule has 0 amide bonds. The SMILES string of the molecule is Nc1cc(-c2nnnn2CCC2CCOC2)ccc1Cl. The Kier molecular flexibility index (Phi) is 3.84. The van der Waals surface area contributed by atoms with Gasteiger partial charge >= 0.3 is 0 Å². The van der Waals surface area contributed by atoms with Gasteiger partial charge < -0.3 is 10.5 Å². The molecular formula is C13H16ClN5O. The summed E-state index contributed by atoms with van der Waals surface area (Å²) in [7, 11) is 0. The maximum Gasteiger partial charge on any atom is 0.182 e. The van der Waals surface area contributed by atoms with Crippen LogP contribution in [0.25, 0.3) is 11.4 Å². The van der Waals surface area contributed by atoms with Crippen LogP contribution in [0.3, 0.4) is 0 Å². The minimum Gasteiger partial charge on any atom is -0.398 e. The topological polar surface area (TPSA) is 78.9 Å². The molecule has 1 unspecified atom stereocenters. The van der Waals surface area contributed by atoms with Crippen LogP contribution in [-0.4, -0.2) is 33.4 Å². The molecule has 1 saturated heterocycles. The van der Waals surface area contributed by atoms with Crippen LogP contribution >= 0.6 is 11.6 Å². The summed E-state index contributed by atoms with van der Waals surface area (Å²) in [4.78, 5) is 0. The van der Waals surface area contributed by atoms with Gasteiger partial charge in [-0.15, -0.1) is 5.10 Å². The Morgan fingerprint density at radius 3 is 3.10 bits per heavy atom. The predicted molar refractivity (Wildman–Crippen MR) is 76.2 cm³/mol. The molecule has 0 bridgehead atoms. The van der Waals surface area contributed by atoms with E-state index in [1.54, 1.807) is 16.8 Å². The highest BCUT2D eigenvalue weighted by Gasteiger charge is 2.17. The van der Waals surface area contributed by atoms with Gasteiger partial charge in [-0.05, 0) is 47.4 Å². The Balaban J connectivity index is 1.76. The highest BCUT2D eigenvalue weighted by atomic mass is 35.5. The second kappa shape index (κ2) is 5.76. The molecule has 7 heteroatoms. The summed E-state index contributed by atoms with van der Waals surface area (Å²) in [6, 6.07) is 5.43. The number of halogens is 1. The summed E-state index contributed by atoms with van der Waals surface area (Å²) < 4.78 is 7.19. The van der Waals surface area contributed by atoms with E-state index in [1.165, 1.54) is 0 Å². The number of hydrogen-bond acceptors (Lipinski definition) is 5. The Morgan fingerprint density at radius 1 is 1.45 bits per heavy atom. The van der Waals surface area contributed by atoms with Crippen molar-refractivity contribution in [2.24, 2.45) is 5.92 Å². The van der Waals surface area contributed by atoms with Gasteiger partial charge in [-0.2, -0.15) is 0 Å². The van der Waals surface area contributed by atoms with Gasteiger partial charge in [0.1, 0.15) is 0 Å². The van der Waals surface area contributed by atoms with Gasteiger partial charge in [0.25, 0.3) is 0 Å². The largest absolute Gasteiger partial charge is 0.398 e. The Morgan fingerprint density at radius 2 is 2.35 bits per heavy atom. The van der Waals surface area contributed by atoms with Crippen LogP contribution in [0.15, 0.2) is 18.2 Å². The summed E-state index contributed by atoms with van der Waals surface area (Å²) in [5.41, 5.74) is 7.23. The van der Waals surface area contributed by atoms with Crippen LogP contribution in [0.4, 0.5) is 5.69 Å². The maximum absolute atomic E-state index is 5.93. The lowest BCUT2D eigenvalue weighted by Gasteiger charge is -2.09. The van der Waals surface area contributed by atoms with Gasteiger partial charge in [0, 0.05) is 25.3 Å². The smallest absolute Gasteiger partial charge is 0.182 e. The fourth-order valence-electron chi connectivity index (χ4n) is 2.36. The molecule has 0 spiro atoms. The molecule has 3 rings (SSSR count). The lowest BCUT2D eigenvalue weighted by atomic mass is 10.1. The number of benzene rings is 1. The van der Waals surface area contributed by atoms with E-state index in [9.17, 15) is 0 Å². The fourth-order valence-corrected chi connectivity index (χ4v) is 2.48. The third-order valence-electron chi connectivity index (χ3n) is 3.56. The van der Waals surface area contributed by atoms with Gasteiger partial charge in [0.15, 0.2) is 5.82 Å². The third-order valence-corrected chi connectivity index (χ3v) is 3.90. The molecule has 0 radical (unpaired) electrons. The highest BCUT2D eigenvalue weighted by Crippen LogP contribution is 2.25. The molecular weight excluding hydrogens is 278 g/mol. The van der Waals surface area contributed by atoms with Crippen LogP contribution in [0.1, 0.15) is 12.8 Å². The van der Waals surface area contributed by atoms with Crippen molar-refractivity contribution < 1.29 is 4.74 Å². The number of anilines is 1. The number of nitrogens with two attached hydrogens (primary N) is 1. The Hall–Kier alpha value is -1.66. The zero-order valence-electron chi connectivity index (χ0n) is 11.0. The Bertz CT molecular complexity index is 594. The van der Waals surface area contributed by atoms with E-state index >= 15 is 0 Å². The lowest BCUT2D eigenvalue weighted by Crippen LogP contribution is -2.09. The van der Waals surface area contributed by atoms with Crippen LogP contribution in [0, 0.1) is 5.92 Å². The molecule has 1 fully saturated rings. The first-order chi connectivity index (χ1) is 9.74. The van der Waals surface area contributed by atoms with Crippen molar-refractivity contribution in [1.82, 2.24) is 20.2 Å². The highest BCUT2D eigenvalue weighted by molar-refractivity contribution is 6.33. The van der Waals surface area contributed by atoms with Crippen LogP contribution in [0.2, 0.25) is 5.02 Å². The van der Waals surface area contributed by atoms with E-state index in [4.69, 9.17) is 22.1 Å². The molecule has 2 aromatic rings. The van der Waals surface area contributed by atoms with Gasteiger partial charge in [0.2, 0.25) is 0 Å². The van der Waals surface area contributed by atoms with E-state index in [0.717, 1.165) is 38.2 Å². The van der Waals surface area contributed by atoms with Crippen molar-refractivity contribution in [1.29, 1.82) is 0 Å². The zero-order valence-corrected chi connectivity index (χ0v) is 11.8. The van der Waals surface area contributed by atoms with Gasteiger partial charge in [0.05, 0.1) is 10.7 Å². The molecule has 2 heterocycles. The van der Waals surface area contributed by atoms with Crippen LogP contribution < -0.4 is 5.73 Å². The molecule has 1 aliphatic rings. The van der Waals surface area contributed by atoms with E-state index in [1.807, 2.05) is 6.07 Å². The molecule has 1 atom stereocenters. The summed E-state index contributed by atoms with van der Waals surface area (Å²) in [6.07, 6.45) is 2.13. The van der Waals surface area contributed by atoms with Crippen molar-refractivity contribution >= 4 is 17.3 Å². The number of nitrogen functional groups attached to an aromatic ring is 1. The van der Waals surface area contributed by atoms with Crippen LogP contribution in [-0.2, 0) is 11.3 Å². The van der Waals surface area contributed by atoms with E-state index < -0.39 is 0 Å². The van der Waals surface area contributed by atoms with Crippen molar-refractivity contribution in [3.8, 4) is 11.4 Å². The summed E-state index contributed by atoms with van der Waals surface area (Å²) in [6.45, 7) is 2.48. The summed E-state index contributed by atoms with van der Waals surface area (Å²) in [5.74, 6) is 1.31. The quantitative estimate of drug-likeness (QED) is 0.872. The maximum atomic E-state index is 5.93. The number of tetrazole rings is 1. The first-order valence-corrected chi connectivity index (χ1v) is 7.01. The molecule has 20 heavy (non-hydrogen) atoms. The molecule has 1 aliphatic heterocycles. The van der Waals surface area contributed by atoms with Gasteiger partial charge in [-0.25, -0.2) is 4.68 Å². The van der Waals surface area contributed by atoms with E-state index in [0.29, 0.717) is 22.5 Å². The molecule has 0 aliphatic carbocycles. The number of hydrogen-bond donors (Lipinski definition) is 1. The summed E-state index contributed by atoms with van der Waals surface area (Å²) >= 11 is 5.93. The van der Waals surface area contributed by atoms with Crippen molar-refractivity contribution in [2.75, 3.05) is 18.9 Å². The fraction of sp³-hybridized carbons (Fsp3) is 0.462. The molecule has 0 saturated carbocycles. The second-order valence-electron chi connectivity index (χ2n) is 4.98. The average Bonchev–Trinajstić information content (AvgIpc) is 3.10. The first kappa shape index (κ1) is 13.3. The molecule has 6 nitrogen and oxygen atoms in total. The normalized spacial score (nSPS) is 18.6. The van der Waals surface area contributed by atoms with Crippen molar-refractivity contribution in [3.63, 3.8) is 0 Å². The number of aryl methyl sites for hydroxylation is 1. The summed E-state index contributed by atoms with van der Waals surface area (Å²) in [5, 5.41) is 12.4. The van der Waals surface area contributed by atoms with E-state index in [-0.39, 0.29) is 0 Å². The van der Waals surface area contributed by atoms with Crippen LogP contribution in [0.5, 0.6) is 0 Å². The average molecular weight is 294 g/mol. The number of nitrogens with zero attached hydrogens (tertiary/aromatic N) is 4. The lowest BCUT2D eigenvalue weighted by molar-refractivity contribution is 0.183. The minimum absolute atomic E-state index is 0.530. The first-order valence-electron chi connectivity index (χ1n) is 6.63. The minimum atomic E-state index is 0.530. The third kappa shape index (κ3) is 2.76. The molecule has 1 aromatic heterocycles. The second-order valence-corrected chi connectivity index (χ2v) is 5.39. The van der Waals surface area contributed by atoms with Gasteiger partial charge in [-0.3, -0.25) is 0 Å². The van der Waals surface area contributed by atoms with E-state index in [2.05, 4.69) is 15.5 Å². The van der Waals surface area contributed by atoms with Gasteiger partial charge in [-0.1, -0.05) is 11.6 Å². The van der Waals surface area contributed by atoms with Crippen molar-refractivity contribution in [3.05, 3.63) is 23.2 Å². The molecule has 106 valence electrons. The number of aromatic nitrogens is 4. The molecule has 2 N–H and O–H groups in total. The monoisotopic (exact) mass is 293 g/mol. The number of rotatable bonds is 4. The predicted octanol–water partition coefficient (Wildman–Crippen LogP) is 2.00. The standard InChI is InChI=1S/C13H16ClN5O/c14-11-2-1-10(7-12(11)15)13-16-17-18-19(13)5-3-9-4-6-20-8-9/h1-2,7,9H,3-6,8,15H2. The van der Waals surface area contributed by atoms with Crippen molar-refractivity contribution in [2.45, 2.75) is 19.4 Å². The molecule has 1 aromatic carbocycles.